The summed E-state index contributed by atoms with van der Waals surface area (Å²) in [5, 5.41) is 8.24. The van der Waals surface area contributed by atoms with Gasteiger partial charge in [-0.05, 0) is 30.9 Å². The summed E-state index contributed by atoms with van der Waals surface area (Å²) in [4.78, 5) is 10.1. The van der Waals surface area contributed by atoms with Crippen molar-refractivity contribution >= 4 is 6.16 Å². The van der Waals surface area contributed by atoms with E-state index in [2.05, 4.69) is 10.8 Å². The topological polar surface area (TPSA) is 46.5 Å². The predicted octanol–water partition coefficient (Wildman–Crippen LogP) is 2.62. The minimum atomic E-state index is -1.20. The van der Waals surface area contributed by atoms with Crippen LogP contribution in [-0.2, 0) is 11.2 Å². The molecule has 0 heterocycles. The maximum absolute atomic E-state index is 10.1. The van der Waals surface area contributed by atoms with Gasteiger partial charge in [-0.15, -0.1) is 0 Å². The summed E-state index contributed by atoms with van der Waals surface area (Å²) in [6.45, 7) is 2.32. The third kappa shape index (κ3) is 3.47. The molecule has 1 aromatic rings. The van der Waals surface area contributed by atoms with E-state index in [0.717, 1.165) is 12.8 Å². The van der Waals surface area contributed by atoms with Crippen LogP contribution in [0.2, 0.25) is 0 Å². The van der Waals surface area contributed by atoms with Crippen molar-refractivity contribution in [3.05, 3.63) is 35.4 Å². The average molecular weight is 194 g/mol. The van der Waals surface area contributed by atoms with E-state index in [0.29, 0.717) is 0 Å². The molecular formula is C11H14O3. The molecule has 14 heavy (non-hydrogen) atoms. The molecule has 0 saturated carbocycles. The summed E-state index contributed by atoms with van der Waals surface area (Å²) in [6, 6.07) is 8.08. The van der Waals surface area contributed by atoms with Gasteiger partial charge in [0.15, 0.2) is 0 Å². The number of carbonyl (C=O) groups is 1. The molecule has 3 nitrogen and oxygen atoms in total. The Morgan fingerprint density at radius 1 is 1.43 bits per heavy atom. The van der Waals surface area contributed by atoms with Crippen LogP contribution in [-0.4, -0.2) is 17.9 Å². The third-order valence-electron chi connectivity index (χ3n) is 2.08. The van der Waals surface area contributed by atoms with Gasteiger partial charge >= 0.3 is 6.16 Å². The average Bonchev–Trinajstić information content (AvgIpc) is 2.15. The Hall–Kier alpha value is -1.51. The maximum atomic E-state index is 10.1. The van der Waals surface area contributed by atoms with Gasteiger partial charge in [0.1, 0.15) is 0 Å². The van der Waals surface area contributed by atoms with Crippen LogP contribution in [0.25, 0.3) is 0 Å². The zero-order valence-corrected chi connectivity index (χ0v) is 8.19. The summed E-state index contributed by atoms with van der Waals surface area (Å²) in [5.41, 5.74) is 2.49. The van der Waals surface area contributed by atoms with Gasteiger partial charge in [-0.25, -0.2) is 4.79 Å². The van der Waals surface area contributed by atoms with Gasteiger partial charge < -0.3 is 9.84 Å². The van der Waals surface area contributed by atoms with Crippen LogP contribution in [0.3, 0.4) is 0 Å². The lowest BCUT2D eigenvalue weighted by Crippen LogP contribution is -2.03. The van der Waals surface area contributed by atoms with Gasteiger partial charge in [0.05, 0.1) is 6.61 Å². The fourth-order valence-electron chi connectivity index (χ4n) is 1.31. The zero-order valence-electron chi connectivity index (χ0n) is 8.19. The van der Waals surface area contributed by atoms with Gasteiger partial charge in [0.2, 0.25) is 0 Å². The summed E-state index contributed by atoms with van der Waals surface area (Å²) in [6.07, 6.45) is 0.395. The first kappa shape index (κ1) is 10.6. The van der Waals surface area contributed by atoms with E-state index in [-0.39, 0.29) is 6.61 Å². The van der Waals surface area contributed by atoms with Crippen molar-refractivity contribution in [2.75, 3.05) is 6.61 Å². The van der Waals surface area contributed by atoms with Crippen molar-refractivity contribution in [2.24, 2.45) is 0 Å². The van der Waals surface area contributed by atoms with Crippen LogP contribution in [0.15, 0.2) is 24.3 Å². The molecule has 0 atom stereocenters. The van der Waals surface area contributed by atoms with Crippen molar-refractivity contribution in [1.82, 2.24) is 0 Å². The SMILES string of the molecule is Cc1ccccc1CCCOC(=O)O. The molecule has 76 valence electrons. The molecule has 0 amide bonds. The number of rotatable bonds is 4. The first-order valence-corrected chi connectivity index (χ1v) is 4.60. The Labute approximate surface area is 83.3 Å². The second-order valence-electron chi connectivity index (χ2n) is 3.14. The molecule has 0 aliphatic heterocycles. The van der Waals surface area contributed by atoms with Crippen LogP contribution in [0, 0.1) is 6.92 Å². The van der Waals surface area contributed by atoms with Crippen molar-refractivity contribution in [1.29, 1.82) is 0 Å². The Balaban J connectivity index is 2.31. The van der Waals surface area contributed by atoms with E-state index in [4.69, 9.17) is 5.11 Å². The van der Waals surface area contributed by atoms with E-state index in [9.17, 15) is 4.79 Å². The number of hydrogen-bond acceptors (Lipinski definition) is 2. The van der Waals surface area contributed by atoms with E-state index >= 15 is 0 Å². The van der Waals surface area contributed by atoms with E-state index < -0.39 is 6.16 Å². The molecule has 0 spiro atoms. The highest BCUT2D eigenvalue weighted by Gasteiger charge is 1.99. The van der Waals surface area contributed by atoms with Gasteiger partial charge in [0.25, 0.3) is 0 Å². The minimum Gasteiger partial charge on any atom is -0.450 e. The Kier molecular flexibility index (Phi) is 3.98. The molecule has 1 aromatic carbocycles. The highest BCUT2D eigenvalue weighted by molar-refractivity contribution is 5.56. The van der Waals surface area contributed by atoms with E-state index in [1.165, 1.54) is 11.1 Å². The van der Waals surface area contributed by atoms with Crippen molar-refractivity contribution in [3.63, 3.8) is 0 Å². The van der Waals surface area contributed by atoms with Crippen LogP contribution >= 0.6 is 0 Å². The van der Waals surface area contributed by atoms with Crippen LogP contribution < -0.4 is 0 Å². The number of ether oxygens (including phenoxy) is 1. The van der Waals surface area contributed by atoms with Gasteiger partial charge in [-0.3, -0.25) is 0 Å². The monoisotopic (exact) mass is 194 g/mol. The molecular weight excluding hydrogens is 180 g/mol. The molecule has 0 fully saturated rings. The van der Waals surface area contributed by atoms with E-state index in [1.54, 1.807) is 0 Å². The van der Waals surface area contributed by atoms with Crippen LogP contribution in [0.5, 0.6) is 0 Å². The molecule has 0 aliphatic carbocycles. The Bertz CT molecular complexity index is 307. The lowest BCUT2D eigenvalue weighted by Gasteiger charge is -2.04. The second-order valence-corrected chi connectivity index (χ2v) is 3.14. The maximum Gasteiger partial charge on any atom is 0.505 e. The first-order valence-electron chi connectivity index (χ1n) is 4.60. The summed E-state index contributed by atoms with van der Waals surface area (Å²) >= 11 is 0. The quantitative estimate of drug-likeness (QED) is 0.592. The van der Waals surface area contributed by atoms with E-state index in [1.807, 2.05) is 25.1 Å². The van der Waals surface area contributed by atoms with Gasteiger partial charge in [0, 0.05) is 0 Å². The molecule has 0 radical (unpaired) electrons. The largest absolute Gasteiger partial charge is 0.505 e. The lowest BCUT2D eigenvalue weighted by atomic mass is 10.0. The molecule has 0 aromatic heterocycles. The molecule has 0 saturated heterocycles. The summed E-state index contributed by atoms with van der Waals surface area (Å²) in [7, 11) is 0. The number of carboxylic acid groups (broad SMARTS) is 1. The fourth-order valence-corrected chi connectivity index (χ4v) is 1.31. The van der Waals surface area contributed by atoms with Crippen molar-refractivity contribution in [2.45, 2.75) is 19.8 Å². The third-order valence-corrected chi connectivity index (χ3v) is 2.08. The normalized spacial score (nSPS) is 9.79. The molecule has 3 heteroatoms. The predicted molar refractivity (Wildman–Crippen MR) is 53.5 cm³/mol. The number of benzene rings is 1. The van der Waals surface area contributed by atoms with Crippen LogP contribution in [0.4, 0.5) is 4.79 Å². The van der Waals surface area contributed by atoms with Gasteiger partial charge in [-0.2, -0.15) is 0 Å². The standard InChI is InChI=1S/C11H14O3/c1-9-5-2-3-6-10(9)7-4-8-14-11(12)13/h2-3,5-6H,4,7-8H2,1H3,(H,12,13). The molecule has 1 N–H and O–H groups in total. The molecule has 0 aliphatic rings. The lowest BCUT2D eigenvalue weighted by molar-refractivity contribution is 0.0907. The molecule has 0 bridgehead atoms. The highest BCUT2D eigenvalue weighted by atomic mass is 16.7. The zero-order chi connectivity index (χ0) is 10.4. The molecule has 1 rings (SSSR count). The highest BCUT2D eigenvalue weighted by Crippen LogP contribution is 2.09. The van der Waals surface area contributed by atoms with Crippen molar-refractivity contribution in [3.8, 4) is 0 Å². The Morgan fingerprint density at radius 3 is 2.79 bits per heavy atom. The number of aryl methyl sites for hydroxylation is 2. The summed E-state index contributed by atoms with van der Waals surface area (Å²) in [5.74, 6) is 0. The smallest absolute Gasteiger partial charge is 0.450 e. The van der Waals surface area contributed by atoms with Crippen molar-refractivity contribution < 1.29 is 14.6 Å². The Morgan fingerprint density at radius 2 is 2.14 bits per heavy atom. The molecule has 0 unspecified atom stereocenters. The second kappa shape index (κ2) is 5.27. The van der Waals surface area contributed by atoms with Crippen LogP contribution in [0.1, 0.15) is 17.5 Å². The number of hydrogen-bond donors (Lipinski definition) is 1. The minimum absolute atomic E-state index is 0.268. The summed E-state index contributed by atoms with van der Waals surface area (Å²) < 4.78 is 4.42. The first-order chi connectivity index (χ1) is 6.70. The van der Waals surface area contributed by atoms with Gasteiger partial charge in [-0.1, -0.05) is 24.3 Å². The fraction of sp³-hybridized carbons (Fsp3) is 0.364.